The van der Waals surface area contributed by atoms with E-state index in [1.165, 1.54) is 6.33 Å². The fourth-order valence-corrected chi connectivity index (χ4v) is 2.01. The zero-order valence-electron chi connectivity index (χ0n) is 13.0. The van der Waals surface area contributed by atoms with E-state index >= 15 is 0 Å². The van der Waals surface area contributed by atoms with E-state index in [0.29, 0.717) is 12.4 Å². The number of ether oxygens (including phenoxy) is 1. The summed E-state index contributed by atoms with van der Waals surface area (Å²) >= 11 is 0. The van der Waals surface area contributed by atoms with Crippen molar-refractivity contribution in [1.29, 1.82) is 0 Å². The molecular weight excluding hydrogens is 272 g/mol. The zero-order valence-corrected chi connectivity index (χ0v) is 13.0. The third kappa shape index (κ3) is 4.84. The van der Waals surface area contributed by atoms with Gasteiger partial charge in [-0.2, -0.15) is 4.98 Å². The first kappa shape index (κ1) is 17.1. The maximum atomic E-state index is 11.4. The minimum atomic E-state index is -0.453. The molecule has 0 fully saturated rings. The van der Waals surface area contributed by atoms with Crippen LogP contribution in [0.3, 0.4) is 0 Å². The Hall–Kier alpha value is -1.92. The van der Waals surface area contributed by atoms with E-state index < -0.39 is 4.92 Å². The molecule has 1 aromatic heterocycles. The van der Waals surface area contributed by atoms with Gasteiger partial charge in [0.25, 0.3) is 5.88 Å². The molecule has 0 aliphatic rings. The number of rotatable bonds is 10. The van der Waals surface area contributed by atoms with Crippen LogP contribution >= 0.6 is 0 Å². The molecule has 0 atom stereocenters. The van der Waals surface area contributed by atoms with Crippen molar-refractivity contribution < 1.29 is 9.66 Å². The van der Waals surface area contributed by atoms with Gasteiger partial charge in [-0.05, 0) is 19.8 Å². The molecule has 1 aromatic rings. The quantitative estimate of drug-likeness (QED) is 0.487. The van der Waals surface area contributed by atoms with Gasteiger partial charge in [0.15, 0.2) is 0 Å². The minimum Gasteiger partial charge on any atom is -0.473 e. The largest absolute Gasteiger partial charge is 0.473 e. The number of hydrogen-bond donors (Lipinski definition) is 0. The summed E-state index contributed by atoms with van der Waals surface area (Å²) in [5.74, 6) is 0.408. The molecule has 21 heavy (non-hydrogen) atoms. The Morgan fingerprint density at radius 2 is 1.81 bits per heavy atom. The first-order chi connectivity index (χ1) is 10.2. The van der Waals surface area contributed by atoms with Gasteiger partial charge in [-0.15, -0.1) is 0 Å². The molecule has 0 spiro atoms. The maximum Gasteiger partial charge on any atom is 0.372 e. The van der Waals surface area contributed by atoms with Crippen molar-refractivity contribution in [2.45, 2.75) is 46.5 Å². The van der Waals surface area contributed by atoms with Crippen molar-refractivity contribution in [2.24, 2.45) is 0 Å². The molecule has 0 aliphatic heterocycles. The Labute approximate surface area is 125 Å². The summed E-state index contributed by atoms with van der Waals surface area (Å²) < 4.78 is 5.28. The Morgan fingerprint density at radius 1 is 1.19 bits per heavy atom. The van der Waals surface area contributed by atoms with Gasteiger partial charge in [-0.25, -0.2) is 4.98 Å². The van der Waals surface area contributed by atoms with E-state index in [1.54, 1.807) is 6.92 Å². The van der Waals surface area contributed by atoms with Crippen LogP contribution in [0, 0.1) is 10.1 Å². The molecule has 1 heterocycles. The zero-order chi connectivity index (χ0) is 15.7. The van der Waals surface area contributed by atoms with Gasteiger partial charge in [-0.1, -0.05) is 26.7 Å². The fourth-order valence-electron chi connectivity index (χ4n) is 2.01. The van der Waals surface area contributed by atoms with Crippen molar-refractivity contribution in [3.8, 4) is 5.88 Å². The van der Waals surface area contributed by atoms with Crippen LogP contribution < -0.4 is 9.64 Å². The number of nitrogens with zero attached hydrogens (tertiary/aromatic N) is 4. The lowest BCUT2D eigenvalue weighted by atomic mass is 10.2. The van der Waals surface area contributed by atoms with Crippen molar-refractivity contribution in [3.05, 3.63) is 16.4 Å². The summed E-state index contributed by atoms with van der Waals surface area (Å²) in [7, 11) is 0. The molecular formula is C14H24N4O3. The molecule has 7 nitrogen and oxygen atoms in total. The fraction of sp³-hybridized carbons (Fsp3) is 0.714. The third-order valence-corrected chi connectivity index (χ3v) is 3.10. The highest BCUT2D eigenvalue weighted by Crippen LogP contribution is 2.33. The lowest BCUT2D eigenvalue weighted by molar-refractivity contribution is -0.385. The average Bonchev–Trinajstić information content (AvgIpc) is 2.47. The second-order valence-electron chi connectivity index (χ2n) is 4.74. The summed E-state index contributed by atoms with van der Waals surface area (Å²) in [6.07, 6.45) is 5.32. The minimum absolute atomic E-state index is 0.0468. The lowest BCUT2D eigenvalue weighted by Gasteiger charge is -2.23. The van der Waals surface area contributed by atoms with Gasteiger partial charge in [0.1, 0.15) is 6.33 Å². The highest BCUT2D eigenvalue weighted by molar-refractivity contribution is 5.62. The van der Waals surface area contributed by atoms with Gasteiger partial charge >= 0.3 is 5.69 Å². The van der Waals surface area contributed by atoms with Crippen LogP contribution in [-0.4, -0.2) is 34.6 Å². The predicted octanol–water partition coefficient (Wildman–Crippen LogP) is 3.19. The van der Waals surface area contributed by atoms with Crippen molar-refractivity contribution in [1.82, 2.24) is 9.97 Å². The Balaban J connectivity index is 3.15. The summed E-state index contributed by atoms with van der Waals surface area (Å²) in [4.78, 5) is 20.9. The van der Waals surface area contributed by atoms with Crippen LogP contribution in [0.15, 0.2) is 6.33 Å². The Morgan fingerprint density at radius 3 is 2.29 bits per heavy atom. The second-order valence-corrected chi connectivity index (χ2v) is 4.74. The second kappa shape index (κ2) is 9.10. The number of hydrogen-bond acceptors (Lipinski definition) is 6. The summed E-state index contributed by atoms with van der Waals surface area (Å²) in [6.45, 7) is 7.80. The topological polar surface area (TPSA) is 81.4 Å². The molecule has 0 aromatic carbocycles. The molecule has 118 valence electrons. The van der Waals surface area contributed by atoms with E-state index in [0.717, 1.165) is 38.8 Å². The lowest BCUT2D eigenvalue weighted by Crippen LogP contribution is -2.27. The monoisotopic (exact) mass is 296 g/mol. The van der Waals surface area contributed by atoms with Gasteiger partial charge in [0, 0.05) is 13.1 Å². The Kier molecular flexibility index (Phi) is 7.42. The van der Waals surface area contributed by atoms with E-state index in [1.807, 2.05) is 4.90 Å². The molecule has 0 saturated heterocycles. The highest BCUT2D eigenvalue weighted by atomic mass is 16.6. The number of aromatic nitrogens is 2. The normalized spacial score (nSPS) is 10.4. The van der Waals surface area contributed by atoms with Crippen LogP contribution in [0.1, 0.15) is 46.5 Å². The highest BCUT2D eigenvalue weighted by Gasteiger charge is 2.27. The van der Waals surface area contributed by atoms with E-state index in [4.69, 9.17) is 4.74 Å². The molecule has 7 heteroatoms. The molecule has 0 amide bonds. The van der Waals surface area contributed by atoms with Crippen LogP contribution in [0.4, 0.5) is 11.5 Å². The van der Waals surface area contributed by atoms with Crippen molar-refractivity contribution in [2.75, 3.05) is 24.6 Å². The van der Waals surface area contributed by atoms with Gasteiger partial charge in [0.2, 0.25) is 5.82 Å². The first-order valence-electron chi connectivity index (χ1n) is 7.52. The van der Waals surface area contributed by atoms with Crippen LogP contribution in [0.5, 0.6) is 5.88 Å². The Bertz CT molecular complexity index is 446. The summed E-state index contributed by atoms with van der Waals surface area (Å²) in [6, 6.07) is 0. The van der Waals surface area contributed by atoms with Gasteiger partial charge in [-0.3, -0.25) is 10.1 Å². The molecule has 0 unspecified atom stereocenters. The number of nitro groups is 1. The predicted molar refractivity (Wildman–Crippen MR) is 81.9 cm³/mol. The smallest absolute Gasteiger partial charge is 0.372 e. The maximum absolute atomic E-state index is 11.4. The molecule has 1 rings (SSSR count). The van der Waals surface area contributed by atoms with Gasteiger partial charge in [0.05, 0.1) is 11.5 Å². The molecule has 0 N–H and O–H groups in total. The van der Waals surface area contributed by atoms with Crippen LogP contribution in [0.2, 0.25) is 0 Å². The van der Waals surface area contributed by atoms with Crippen molar-refractivity contribution >= 4 is 11.5 Å². The van der Waals surface area contributed by atoms with Crippen molar-refractivity contribution in [3.63, 3.8) is 0 Å². The molecule has 0 radical (unpaired) electrons. The molecule has 0 bridgehead atoms. The number of unbranched alkanes of at least 4 members (excludes halogenated alkanes) is 2. The van der Waals surface area contributed by atoms with E-state index in [9.17, 15) is 10.1 Å². The first-order valence-corrected chi connectivity index (χ1v) is 7.52. The van der Waals surface area contributed by atoms with Gasteiger partial charge < -0.3 is 9.64 Å². The molecule has 0 saturated carbocycles. The molecule has 0 aliphatic carbocycles. The summed E-state index contributed by atoms with van der Waals surface area (Å²) in [5.41, 5.74) is -0.133. The van der Waals surface area contributed by atoms with E-state index in [2.05, 4.69) is 23.8 Å². The third-order valence-electron chi connectivity index (χ3n) is 3.10. The number of anilines is 1. The van der Waals surface area contributed by atoms with E-state index in [-0.39, 0.29) is 11.6 Å². The standard InChI is InChI=1S/C14H24N4O3/c1-4-7-9-17(10-8-5-2)13-12(18(19)20)14(21-6-3)16-11-15-13/h11H,4-10H2,1-3H3. The SMILES string of the molecule is CCCCN(CCCC)c1ncnc(OCC)c1[N+](=O)[O-]. The van der Waals surface area contributed by atoms with Crippen LogP contribution in [0.25, 0.3) is 0 Å². The van der Waals surface area contributed by atoms with Crippen LogP contribution in [-0.2, 0) is 0 Å². The average molecular weight is 296 g/mol. The summed E-state index contributed by atoms with van der Waals surface area (Å²) in [5, 5.41) is 11.4.